The number of hydrogen-bond donors (Lipinski definition) is 0. The number of aliphatic imine (C=N–C) groups is 1. The molecule has 0 radical (unpaired) electrons. The second-order valence-electron chi connectivity index (χ2n) is 5.23. The highest BCUT2D eigenvalue weighted by Gasteiger charge is 2.26. The van der Waals surface area contributed by atoms with E-state index in [2.05, 4.69) is 25.8 Å². The number of nitrogens with zero attached hydrogens (tertiary/aromatic N) is 2. The first kappa shape index (κ1) is 14.9. The summed E-state index contributed by atoms with van der Waals surface area (Å²) in [4.78, 5) is 19.3. The number of thioether (sulfide) groups is 1. The van der Waals surface area contributed by atoms with E-state index in [1.807, 2.05) is 30.3 Å². The van der Waals surface area contributed by atoms with Gasteiger partial charge in [-0.05, 0) is 42.3 Å². The van der Waals surface area contributed by atoms with Gasteiger partial charge in [-0.1, -0.05) is 47.0 Å². The van der Waals surface area contributed by atoms with Crippen LogP contribution in [0, 0.1) is 0 Å². The smallest absolute Gasteiger partial charge is 0.286 e. The van der Waals surface area contributed by atoms with E-state index < -0.39 is 0 Å². The molecule has 1 aromatic carbocycles. The van der Waals surface area contributed by atoms with Crippen molar-refractivity contribution in [1.29, 1.82) is 0 Å². The van der Waals surface area contributed by atoms with Gasteiger partial charge in [0.2, 0.25) is 0 Å². The van der Waals surface area contributed by atoms with E-state index in [1.54, 1.807) is 0 Å². The predicted molar refractivity (Wildman–Crippen MR) is 92.2 cm³/mol. The number of amidine groups is 1. The van der Waals surface area contributed by atoms with Gasteiger partial charge in [-0.3, -0.25) is 4.79 Å². The van der Waals surface area contributed by atoms with Crippen molar-refractivity contribution in [3.8, 4) is 0 Å². The van der Waals surface area contributed by atoms with Crippen molar-refractivity contribution in [1.82, 2.24) is 4.90 Å². The Labute approximate surface area is 137 Å². The zero-order valence-electron chi connectivity index (χ0n) is 11.7. The highest BCUT2D eigenvalue weighted by molar-refractivity contribution is 9.10. The molecule has 0 aliphatic carbocycles. The van der Waals surface area contributed by atoms with E-state index in [1.165, 1.54) is 37.4 Å². The molecular weight excluding hydrogens is 348 g/mol. The summed E-state index contributed by atoms with van der Waals surface area (Å²) < 4.78 is 0.995. The number of likely N-dealkylation sites (tertiary alicyclic amines) is 1. The van der Waals surface area contributed by atoms with Crippen LogP contribution in [-0.2, 0) is 4.79 Å². The van der Waals surface area contributed by atoms with E-state index >= 15 is 0 Å². The van der Waals surface area contributed by atoms with Gasteiger partial charge in [0.05, 0.1) is 4.91 Å². The van der Waals surface area contributed by atoms with Gasteiger partial charge in [0, 0.05) is 17.6 Å². The number of rotatable bonds is 1. The maximum atomic E-state index is 12.1. The highest BCUT2D eigenvalue weighted by Crippen LogP contribution is 2.32. The van der Waals surface area contributed by atoms with Gasteiger partial charge in [-0.2, -0.15) is 4.99 Å². The Morgan fingerprint density at radius 1 is 1.14 bits per heavy atom. The molecule has 21 heavy (non-hydrogen) atoms. The van der Waals surface area contributed by atoms with Crippen molar-refractivity contribution in [3.63, 3.8) is 0 Å². The number of amides is 1. The fourth-order valence-corrected chi connectivity index (χ4v) is 3.88. The van der Waals surface area contributed by atoms with Crippen molar-refractivity contribution in [3.05, 3.63) is 39.2 Å². The summed E-state index contributed by atoms with van der Waals surface area (Å²) in [5.41, 5.74) is 1.01. The van der Waals surface area contributed by atoms with E-state index in [0.29, 0.717) is 4.91 Å². The third-order valence-corrected chi connectivity index (χ3v) is 5.44. The molecule has 0 atom stereocenters. The molecule has 0 aromatic heterocycles. The molecule has 0 N–H and O–H groups in total. The van der Waals surface area contributed by atoms with Crippen molar-refractivity contribution in [2.75, 3.05) is 13.1 Å². The molecule has 1 saturated heterocycles. The quantitative estimate of drug-likeness (QED) is 0.696. The lowest BCUT2D eigenvalue weighted by molar-refractivity contribution is -0.113. The first-order chi connectivity index (χ1) is 10.2. The van der Waals surface area contributed by atoms with Crippen LogP contribution in [0.5, 0.6) is 0 Å². The van der Waals surface area contributed by atoms with Crippen LogP contribution in [0.3, 0.4) is 0 Å². The molecule has 3 nitrogen and oxygen atoms in total. The Kier molecular flexibility index (Phi) is 4.80. The Hall–Kier alpha value is -1.07. The van der Waals surface area contributed by atoms with Crippen LogP contribution in [0.2, 0.25) is 0 Å². The normalized spacial score (nSPS) is 21.6. The minimum Gasteiger partial charge on any atom is -0.351 e. The number of halogens is 1. The monoisotopic (exact) mass is 364 g/mol. The van der Waals surface area contributed by atoms with Gasteiger partial charge < -0.3 is 4.90 Å². The van der Waals surface area contributed by atoms with E-state index in [4.69, 9.17) is 0 Å². The Bertz CT molecular complexity index is 604. The van der Waals surface area contributed by atoms with Crippen molar-refractivity contribution in [2.45, 2.75) is 25.7 Å². The summed E-state index contributed by atoms with van der Waals surface area (Å²) in [7, 11) is 0. The summed E-state index contributed by atoms with van der Waals surface area (Å²) in [5, 5.41) is 0.875. The largest absolute Gasteiger partial charge is 0.351 e. The van der Waals surface area contributed by atoms with Gasteiger partial charge in [-0.15, -0.1) is 0 Å². The van der Waals surface area contributed by atoms with E-state index in [0.717, 1.165) is 28.3 Å². The molecule has 2 aliphatic heterocycles. The maximum Gasteiger partial charge on any atom is 0.286 e. The Morgan fingerprint density at radius 3 is 2.57 bits per heavy atom. The molecule has 5 heteroatoms. The van der Waals surface area contributed by atoms with Crippen molar-refractivity contribution < 1.29 is 4.79 Å². The van der Waals surface area contributed by atoms with Crippen molar-refractivity contribution in [2.24, 2.45) is 4.99 Å². The van der Waals surface area contributed by atoms with Crippen LogP contribution in [-0.4, -0.2) is 29.1 Å². The molecule has 1 aromatic rings. The van der Waals surface area contributed by atoms with Crippen LogP contribution >= 0.6 is 27.7 Å². The molecule has 2 heterocycles. The van der Waals surface area contributed by atoms with E-state index in [-0.39, 0.29) is 5.91 Å². The minimum absolute atomic E-state index is 0.116. The number of hydrogen-bond acceptors (Lipinski definition) is 3. The fraction of sp³-hybridized carbons (Fsp3) is 0.375. The average Bonchev–Trinajstić information content (AvgIpc) is 2.69. The van der Waals surface area contributed by atoms with Gasteiger partial charge >= 0.3 is 0 Å². The molecule has 1 fully saturated rings. The van der Waals surface area contributed by atoms with Crippen LogP contribution in [0.25, 0.3) is 6.08 Å². The number of carbonyl (C=O) groups is 1. The summed E-state index contributed by atoms with van der Waals surface area (Å²) in [6.07, 6.45) is 6.86. The topological polar surface area (TPSA) is 32.7 Å². The summed E-state index contributed by atoms with van der Waals surface area (Å²) in [6, 6.07) is 7.91. The second kappa shape index (κ2) is 6.79. The zero-order valence-corrected chi connectivity index (χ0v) is 14.1. The lowest BCUT2D eigenvalue weighted by Crippen LogP contribution is -2.28. The first-order valence-electron chi connectivity index (χ1n) is 7.26. The van der Waals surface area contributed by atoms with Crippen LogP contribution in [0.1, 0.15) is 31.2 Å². The fourth-order valence-electron chi connectivity index (χ4n) is 2.53. The van der Waals surface area contributed by atoms with Gasteiger partial charge in [0.15, 0.2) is 5.17 Å². The molecule has 0 saturated carbocycles. The third kappa shape index (κ3) is 3.58. The molecule has 1 amide bonds. The first-order valence-corrected chi connectivity index (χ1v) is 8.87. The maximum absolute atomic E-state index is 12.1. The Balaban J connectivity index is 1.77. The van der Waals surface area contributed by atoms with Crippen LogP contribution < -0.4 is 0 Å². The molecule has 0 bridgehead atoms. The lowest BCUT2D eigenvalue weighted by atomic mass is 10.2. The lowest BCUT2D eigenvalue weighted by Gasteiger charge is -2.20. The molecule has 0 spiro atoms. The number of benzene rings is 1. The zero-order chi connectivity index (χ0) is 14.7. The standard InChI is InChI=1S/C16H17BrN2OS/c17-13-8-4-3-7-12(13)11-14-15(20)18-16(21-14)19-9-5-1-2-6-10-19/h3-4,7-8,11H,1-2,5-6,9-10H2/b14-11-. The second-order valence-corrected chi connectivity index (χ2v) is 7.10. The van der Waals surface area contributed by atoms with Gasteiger partial charge in [-0.25, -0.2) is 0 Å². The minimum atomic E-state index is -0.116. The molecule has 0 unspecified atom stereocenters. The highest BCUT2D eigenvalue weighted by atomic mass is 79.9. The van der Waals surface area contributed by atoms with Crippen LogP contribution in [0.15, 0.2) is 38.6 Å². The molecule has 3 rings (SSSR count). The summed E-state index contributed by atoms with van der Waals surface area (Å²) in [6.45, 7) is 2.03. The van der Waals surface area contributed by atoms with Gasteiger partial charge in [0.25, 0.3) is 5.91 Å². The Morgan fingerprint density at radius 2 is 1.86 bits per heavy atom. The van der Waals surface area contributed by atoms with E-state index in [9.17, 15) is 4.79 Å². The van der Waals surface area contributed by atoms with Crippen molar-refractivity contribution >= 4 is 44.8 Å². The molecular formula is C16H17BrN2OS. The SMILES string of the molecule is O=C1N=C(N2CCCCCC2)S/C1=C\c1ccccc1Br. The average molecular weight is 365 g/mol. The summed E-state index contributed by atoms with van der Waals surface area (Å²) >= 11 is 5.02. The van der Waals surface area contributed by atoms with Crippen LogP contribution in [0.4, 0.5) is 0 Å². The molecule has 2 aliphatic rings. The van der Waals surface area contributed by atoms with Gasteiger partial charge in [0.1, 0.15) is 0 Å². The third-order valence-electron chi connectivity index (χ3n) is 3.68. The summed E-state index contributed by atoms with van der Waals surface area (Å²) in [5.74, 6) is -0.116. The predicted octanol–water partition coefficient (Wildman–Crippen LogP) is 4.30. The number of carbonyl (C=O) groups excluding carboxylic acids is 1. The molecule has 110 valence electrons.